The Balaban J connectivity index is 1.78. The molecule has 2 aromatic rings. The molecule has 8 nitrogen and oxygen atoms in total. The molecule has 3 rings (SSSR count). The molecular formula is C17H22N4O4. The van der Waals surface area contributed by atoms with Crippen LogP contribution in [0.4, 0.5) is 0 Å². The number of fused-ring (bicyclic) bond motifs is 1. The van der Waals surface area contributed by atoms with Crippen LogP contribution >= 0.6 is 0 Å². The number of carbonyl (C=O) groups excluding carboxylic acids is 2. The van der Waals surface area contributed by atoms with E-state index in [9.17, 15) is 14.4 Å². The van der Waals surface area contributed by atoms with Gasteiger partial charge in [0, 0.05) is 31.7 Å². The molecule has 8 heteroatoms. The molecule has 0 aliphatic heterocycles. The van der Waals surface area contributed by atoms with Gasteiger partial charge in [-0.2, -0.15) is 5.10 Å². The van der Waals surface area contributed by atoms with Gasteiger partial charge in [-0.1, -0.05) is 0 Å². The van der Waals surface area contributed by atoms with Gasteiger partial charge in [0.25, 0.3) is 5.56 Å². The van der Waals surface area contributed by atoms with Gasteiger partial charge in [-0.15, -0.1) is 0 Å². The Morgan fingerprint density at radius 3 is 2.80 bits per heavy atom. The van der Waals surface area contributed by atoms with Crippen molar-refractivity contribution >= 4 is 23.1 Å². The average Bonchev–Trinajstić information content (AvgIpc) is 3.12. The van der Waals surface area contributed by atoms with E-state index in [-0.39, 0.29) is 30.0 Å². The molecule has 0 spiro atoms. The molecule has 0 atom stereocenters. The first-order chi connectivity index (χ1) is 12.1. The molecule has 0 radical (unpaired) electrons. The van der Waals surface area contributed by atoms with E-state index >= 15 is 0 Å². The first kappa shape index (κ1) is 17.3. The van der Waals surface area contributed by atoms with E-state index in [2.05, 4.69) is 10.2 Å². The summed E-state index contributed by atoms with van der Waals surface area (Å²) in [6, 6.07) is -0.0299. The first-order valence-corrected chi connectivity index (χ1v) is 8.46. The number of pyridine rings is 1. The summed E-state index contributed by atoms with van der Waals surface area (Å²) >= 11 is 0. The van der Waals surface area contributed by atoms with Gasteiger partial charge < -0.3 is 14.6 Å². The van der Waals surface area contributed by atoms with Gasteiger partial charge in [0.05, 0.1) is 29.3 Å². The summed E-state index contributed by atoms with van der Waals surface area (Å²) in [5, 5.41) is 15.9. The number of H-pyrrole nitrogens is 1. The number of aldehydes is 1. The number of aromatic nitrogens is 3. The molecule has 2 N–H and O–H groups in total. The van der Waals surface area contributed by atoms with Crippen LogP contribution in [0, 0.1) is 5.92 Å². The van der Waals surface area contributed by atoms with Gasteiger partial charge in [0.2, 0.25) is 5.91 Å². The normalized spacial score (nSPS) is 20.6. The predicted octanol–water partition coefficient (Wildman–Crippen LogP) is 0.719. The van der Waals surface area contributed by atoms with E-state index in [4.69, 9.17) is 5.11 Å². The SMILES string of the molecule is CN(CCO)C(=O)C1CCC(n2cc(C=O)c3[nH]ncc3c2=O)CC1. The standard InChI is InChI=1S/C17H22N4O4/c1-20(6-7-22)16(24)11-2-4-13(5-3-11)21-9-12(10-23)15-14(17(21)25)8-18-19-15/h8-11,13,22H,2-7H2,1H3,(H,18,19). The van der Waals surface area contributed by atoms with Crippen LogP contribution in [-0.2, 0) is 4.79 Å². The van der Waals surface area contributed by atoms with Crippen molar-refractivity contribution < 1.29 is 14.7 Å². The maximum atomic E-state index is 12.6. The van der Waals surface area contributed by atoms with Crippen LogP contribution in [0.25, 0.3) is 10.9 Å². The van der Waals surface area contributed by atoms with E-state index < -0.39 is 0 Å². The van der Waals surface area contributed by atoms with Crippen LogP contribution in [0.15, 0.2) is 17.2 Å². The van der Waals surface area contributed by atoms with Crippen molar-refractivity contribution in [1.82, 2.24) is 19.7 Å². The molecule has 0 bridgehead atoms. The van der Waals surface area contributed by atoms with E-state index in [1.54, 1.807) is 22.7 Å². The third-order valence-electron chi connectivity index (χ3n) is 5.05. The number of rotatable bonds is 5. The van der Waals surface area contributed by atoms with Crippen molar-refractivity contribution in [2.45, 2.75) is 31.7 Å². The topological polar surface area (TPSA) is 108 Å². The highest BCUT2D eigenvalue weighted by Gasteiger charge is 2.29. The van der Waals surface area contributed by atoms with E-state index in [0.29, 0.717) is 48.7 Å². The van der Waals surface area contributed by atoms with Gasteiger partial charge in [-0.3, -0.25) is 19.5 Å². The minimum atomic E-state index is -0.165. The summed E-state index contributed by atoms with van der Waals surface area (Å²) in [6.45, 7) is 0.282. The van der Waals surface area contributed by atoms with Crippen LogP contribution in [0.1, 0.15) is 42.1 Å². The number of nitrogens with one attached hydrogen (secondary N) is 1. The molecule has 0 aromatic carbocycles. The van der Waals surface area contributed by atoms with Crippen LogP contribution in [-0.4, -0.2) is 57.2 Å². The molecule has 25 heavy (non-hydrogen) atoms. The van der Waals surface area contributed by atoms with E-state index in [0.717, 1.165) is 6.29 Å². The lowest BCUT2D eigenvalue weighted by atomic mass is 9.85. The Hall–Kier alpha value is -2.48. The lowest BCUT2D eigenvalue weighted by Crippen LogP contribution is -2.37. The minimum absolute atomic E-state index is 0.0299. The Morgan fingerprint density at radius 1 is 1.44 bits per heavy atom. The van der Waals surface area contributed by atoms with Crippen molar-refractivity contribution in [3.8, 4) is 0 Å². The molecule has 1 saturated carbocycles. The molecule has 1 fully saturated rings. The number of amides is 1. The summed E-state index contributed by atoms with van der Waals surface area (Å²) in [5.41, 5.74) is 0.709. The highest BCUT2D eigenvalue weighted by Crippen LogP contribution is 2.32. The molecule has 1 aliphatic carbocycles. The summed E-state index contributed by atoms with van der Waals surface area (Å²) in [5.74, 6) is -0.0367. The third kappa shape index (κ3) is 3.21. The number of aliphatic hydroxyl groups is 1. The number of aromatic amines is 1. The van der Waals surface area contributed by atoms with Crippen molar-refractivity contribution in [2.75, 3.05) is 20.2 Å². The monoisotopic (exact) mass is 346 g/mol. The zero-order valence-electron chi connectivity index (χ0n) is 14.1. The maximum Gasteiger partial charge on any atom is 0.261 e. The maximum absolute atomic E-state index is 12.6. The second-order valence-electron chi connectivity index (χ2n) is 6.56. The number of aliphatic hydroxyl groups excluding tert-OH is 1. The Bertz CT molecular complexity index is 833. The van der Waals surface area contributed by atoms with Crippen LogP contribution in [0.5, 0.6) is 0 Å². The first-order valence-electron chi connectivity index (χ1n) is 8.46. The predicted molar refractivity (Wildman–Crippen MR) is 91.5 cm³/mol. The number of carbonyl (C=O) groups is 2. The highest BCUT2D eigenvalue weighted by molar-refractivity contribution is 5.94. The summed E-state index contributed by atoms with van der Waals surface area (Å²) < 4.78 is 1.61. The second kappa shape index (κ2) is 7.18. The molecule has 0 unspecified atom stereocenters. The van der Waals surface area contributed by atoms with Crippen molar-refractivity contribution in [2.24, 2.45) is 5.92 Å². The van der Waals surface area contributed by atoms with Gasteiger partial charge in [0.15, 0.2) is 6.29 Å². The lowest BCUT2D eigenvalue weighted by molar-refractivity contribution is -0.135. The van der Waals surface area contributed by atoms with Crippen molar-refractivity contribution in [3.05, 3.63) is 28.3 Å². The smallest absolute Gasteiger partial charge is 0.261 e. The Kier molecular flexibility index (Phi) is 4.98. The summed E-state index contributed by atoms with van der Waals surface area (Å²) in [4.78, 5) is 37.8. The average molecular weight is 346 g/mol. The fourth-order valence-corrected chi connectivity index (χ4v) is 3.61. The van der Waals surface area contributed by atoms with Gasteiger partial charge >= 0.3 is 0 Å². The quantitative estimate of drug-likeness (QED) is 0.776. The Labute approximate surface area is 144 Å². The molecule has 1 aliphatic rings. The van der Waals surface area contributed by atoms with Crippen molar-refractivity contribution in [3.63, 3.8) is 0 Å². The van der Waals surface area contributed by atoms with E-state index in [1.165, 1.54) is 6.20 Å². The zero-order valence-corrected chi connectivity index (χ0v) is 14.1. The zero-order chi connectivity index (χ0) is 18.0. The number of hydrogen-bond acceptors (Lipinski definition) is 5. The third-order valence-corrected chi connectivity index (χ3v) is 5.05. The number of likely N-dealkylation sites (N-methyl/N-ethyl adjacent to an activating group) is 1. The molecular weight excluding hydrogens is 324 g/mol. The largest absolute Gasteiger partial charge is 0.395 e. The van der Waals surface area contributed by atoms with Crippen LogP contribution in [0.3, 0.4) is 0 Å². The molecule has 2 aromatic heterocycles. The lowest BCUT2D eigenvalue weighted by Gasteiger charge is -2.31. The second-order valence-corrected chi connectivity index (χ2v) is 6.56. The summed E-state index contributed by atoms with van der Waals surface area (Å²) in [6.07, 6.45) is 6.52. The molecule has 0 saturated heterocycles. The molecule has 2 heterocycles. The fraction of sp³-hybridized carbons (Fsp3) is 0.529. The van der Waals surface area contributed by atoms with Gasteiger partial charge in [0.1, 0.15) is 0 Å². The summed E-state index contributed by atoms with van der Waals surface area (Å²) in [7, 11) is 1.69. The van der Waals surface area contributed by atoms with Crippen LogP contribution < -0.4 is 5.56 Å². The highest BCUT2D eigenvalue weighted by atomic mass is 16.3. The van der Waals surface area contributed by atoms with Crippen LogP contribution in [0.2, 0.25) is 0 Å². The number of nitrogens with zero attached hydrogens (tertiary/aromatic N) is 3. The van der Waals surface area contributed by atoms with Crippen molar-refractivity contribution in [1.29, 1.82) is 0 Å². The molecule has 134 valence electrons. The Morgan fingerprint density at radius 2 is 2.16 bits per heavy atom. The van der Waals surface area contributed by atoms with Gasteiger partial charge in [-0.05, 0) is 25.7 Å². The van der Waals surface area contributed by atoms with E-state index in [1.807, 2.05) is 0 Å². The number of hydrogen-bond donors (Lipinski definition) is 2. The molecule has 1 amide bonds. The minimum Gasteiger partial charge on any atom is -0.395 e. The van der Waals surface area contributed by atoms with Gasteiger partial charge in [-0.25, -0.2) is 0 Å². The fourth-order valence-electron chi connectivity index (χ4n) is 3.61.